The number of allylic oxidation sites excluding steroid dienone is 1. The molecular formula is C15H16BrOW-. The number of rotatable bonds is 6. The number of aryl methyl sites for hydroxylation is 1. The first-order chi connectivity index (χ1) is 8.52. The standard InChI is InChI=1S/C15H16BrO.W/c1-4-5-6-13(3)11-17-15-8-7-12(2)9-14(15)10-16;/h3,5-9H,10-11H2,1-2H3;/q-1;/b6-5-;. The summed E-state index contributed by atoms with van der Waals surface area (Å²) in [4.78, 5) is 0. The Morgan fingerprint density at radius 3 is 2.78 bits per heavy atom. The first kappa shape index (κ1) is 15.6. The molecule has 0 aromatic heterocycles. The topological polar surface area (TPSA) is 9.23 Å². The quantitative estimate of drug-likeness (QED) is 0.344. The van der Waals surface area contributed by atoms with Gasteiger partial charge in [-0.05, 0) is 0 Å². The van der Waals surface area contributed by atoms with Crippen LogP contribution in [0.1, 0.15) is 18.1 Å². The molecular weight excluding hydrogens is 460 g/mol. The summed E-state index contributed by atoms with van der Waals surface area (Å²) in [6, 6.07) is 6.15. The first-order valence-corrected chi connectivity index (χ1v) is 8.20. The van der Waals surface area contributed by atoms with Crippen LogP contribution >= 0.6 is 15.9 Å². The molecule has 0 unspecified atom stereocenters. The van der Waals surface area contributed by atoms with Gasteiger partial charge in [0.2, 0.25) is 0 Å². The van der Waals surface area contributed by atoms with Crippen molar-refractivity contribution in [1.29, 1.82) is 0 Å². The second-order valence-corrected chi connectivity index (χ2v) is 6.93. The van der Waals surface area contributed by atoms with Gasteiger partial charge in [0, 0.05) is 0 Å². The van der Waals surface area contributed by atoms with Crippen molar-refractivity contribution in [2.24, 2.45) is 0 Å². The Balaban J connectivity index is 2.63. The van der Waals surface area contributed by atoms with Gasteiger partial charge in [-0.3, -0.25) is 0 Å². The van der Waals surface area contributed by atoms with Gasteiger partial charge in [0.25, 0.3) is 0 Å². The van der Waals surface area contributed by atoms with Crippen molar-refractivity contribution in [1.82, 2.24) is 0 Å². The average molecular weight is 476 g/mol. The van der Waals surface area contributed by atoms with Crippen molar-refractivity contribution < 1.29 is 24.1 Å². The Bertz CT molecular complexity index is 477. The van der Waals surface area contributed by atoms with Gasteiger partial charge in [-0.1, -0.05) is 0 Å². The zero-order chi connectivity index (χ0) is 13.5. The molecule has 0 aliphatic rings. The second kappa shape index (κ2) is 7.86. The molecule has 0 aliphatic heterocycles. The monoisotopic (exact) mass is 475 g/mol. The van der Waals surface area contributed by atoms with Crippen LogP contribution < -0.4 is 4.74 Å². The summed E-state index contributed by atoms with van der Waals surface area (Å²) < 4.78 is 7.03. The predicted molar refractivity (Wildman–Crippen MR) is 76.9 cm³/mol. The van der Waals surface area contributed by atoms with Crippen LogP contribution in [0.5, 0.6) is 5.75 Å². The van der Waals surface area contributed by atoms with Crippen LogP contribution in [-0.4, -0.2) is 10.5 Å². The molecule has 18 heavy (non-hydrogen) atoms. The first-order valence-electron chi connectivity index (χ1n) is 5.61. The molecule has 0 bridgehead atoms. The van der Waals surface area contributed by atoms with Gasteiger partial charge < -0.3 is 0 Å². The summed E-state index contributed by atoms with van der Waals surface area (Å²) in [7, 11) is 0. The van der Waals surface area contributed by atoms with Crippen molar-refractivity contribution in [2.75, 3.05) is 6.61 Å². The fourth-order valence-electron chi connectivity index (χ4n) is 1.39. The molecule has 0 radical (unpaired) electrons. The molecule has 96 valence electrons. The van der Waals surface area contributed by atoms with Crippen LogP contribution in [0.2, 0.25) is 0 Å². The number of alkyl halides is 1. The molecule has 0 saturated heterocycles. The van der Waals surface area contributed by atoms with Crippen LogP contribution in [0, 0.1) is 13.5 Å². The van der Waals surface area contributed by atoms with Crippen LogP contribution in [0.15, 0.2) is 35.9 Å². The summed E-state index contributed by atoms with van der Waals surface area (Å²) in [5.41, 5.74) is 3.11. The van der Waals surface area contributed by atoms with E-state index in [0.717, 1.165) is 22.2 Å². The van der Waals surface area contributed by atoms with Crippen molar-refractivity contribution >= 4 is 19.8 Å². The zero-order valence-electron chi connectivity index (χ0n) is 10.6. The third-order valence-corrected chi connectivity index (χ3v) is 3.38. The van der Waals surface area contributed by atoms with Crippen molar-refractivity contribution in [2.45, 2.75) is 19.2 Å². The maximum absolute atomic E-state index is 5.88. The van der Waals surface area contributed by atoms with Gasteiger partial charge in [0.05, 0.1) is 0 Å². The molecule has 0 aliphatic carbocycles. The van der Waals surface area contributed by atoms with Crippen LogP contribution in [0.25, 0.3) is 0 Å². The number of hydrogen-bond donors (Lipinski definition) is 0. The van der Waals surface area contributed by atoms with E-state index in [0.29, 0.717) is 6.61 Å². The third-order valence-electron chi connectivity index (χ3n) is 2.29. The van der Waals surface area contributed by atoms with E-state index in [4.69, 9.17) is 11.3 Å². The summed E-state index contributed by atoms with van der Waals surface area (Å²) in [5, 5.41) is 0.783. The fourth-order valence-corrected chi connectivity index (χ4v) is 2.07. The van der Waals surface area contributed by atoms with Gasteiger partial charge in [-0.15, -0.1) is 0 Å². The van der Waals surface area contributed by atoms with E-state index >= 15 is 0 Å². The second-order valence-electron chi connectivity index (χ2n) is 4.05. The molecule has 1 aromatic carbocycles. The van der Waals surface area contributed by atoms with E-state index in [1.54, 1.807) is 0 Å². The van der Waals surface area contributed by atoms with E-state index in [9.17, 15) is 0 Å². The Kier molecular flexibility index (Phi) is 6.81. The Hall–Kier alpha value is -0.462. The van der Waals surface area contributed by atoms with E-state index in [-0.39, 0.29) is 0 Å². The maximum atomic E-state index is 5.88. The van der Waals surface area contributed by atoms with Gasteiger partial charge in [0.15, 0.2) is 0 Å². The normalized spacial score (nSPS) is 10.6. The third kappa shape index (κ3) is 5.45. The average Bonchev–Trinajstić information content (AvgIpc) is 2.34. The number of benzene rings is 1. The van der Waals surface area contributed by atoms with Crippen LogP contribution in [-0.2, 0) is 24.7 Å². The van der Waals surface area contributed by atoms with Gasteiger partial charge >= 0.3 is 129 Å². The molecule has 0 atom stereocenters. The van der Waals surface area contributed by atoms with Gasteiger partial charge in [0.1, 0.15) is 0 Å². The van der Waals surface area contributed by atoms with Gasteiger partial charge in [-0.2, -0.15) is 0 Å². The number of ether oxygens (including phenoxy) is 1. The SMILES string of the molecule is [CH-]=C(/C=C\[C](C)=[W])COc1ccc(C)cc1CBr. The minimum atomic E-state index is 0.419. The number of hydrogen-bond acceptors (Lipinski definition) is 1. The molecule has 0 fully saturated rings. The Morgan fingerprint density at radius 1 is 1.44 bits per heavy atom. The van der Waals surface area contributed by atoms with Crippen molar-refractivity contribution in [3.05, 3.63) is 53.6 Å². The fraction of sp³-hybridized carbons (Fsp3) is 0.267. The Morgan fingerprint density at radius 2 is 2.17 bits per heavy atom. The van der Waals surface area contributed by atoms with E-state index < -0.39 is 0 Å². The number of halogens is 1. The molecule has 0 spiro atoms. The molecule has 0 amide bonds. The molecule has 1 nitrogen and oxygen atoms in total. The summed E-state index contributed by atoms with van der Waals surface area (Å²) >= 11 is 4.92. The van der Waals surface area contributed by atoms with Crippen LogP contribution in [0.3, 0.4) is 0 Å². The predicted octanol–water partition coefficient (Wildman–Crippen LogP) is 3.92. The molecule has 1 aromatic rings. The molecule has 3 heteroatoms. The van der Waals surface area contributed by atoms with E-state index in [2.05, 4.69) is 35.8 Å². The molecule has 0 saturated carbocycles. The zero-order valence-corrected chi connectivity index (χ0v) is 15.1. The Labute approximate surface area is 128 Å². The van der Waals surface area contributed by atoms with Gasteiger partial charge in [-0.25, -0.2) is 0 Å². The summed E-state index contributed by atoms with van der Waals surface area (Å²) in [6.07, 6.45) is 3.93. The van der Waals surface area contributed by atoms with E-state index in [1.165, 1.54) is 28.8 Å². The van der Waals surface area contributed by atoms with Crippen molar-refractivity contribution in [3.63, 3.8) is 0 Å². The molecule has 0 N–H and O–H groups in total. The summed E-state index contributed by atoms with van der Waals surface area (Å²) in [5.74, 6) is 0.886. The van der Waals surface area contributed by atoms with Crippen LogP contribution in [0.4, 0.5) is 0 Å². The molecule has 0 heterocycles. The van der Waals surface area contributed by atoms with E-state index in [1.807, 2.05) is 24.3 Å². The minimum absolute atomic E-state index is 0.419. The molecule has 1 rings (SSSR count). The van der Waals surface area contributed by atoms with Crippen molar-refractivity contribution in [3.8, 4) is 5.75 Å². The summed E-state index contributed by atoms with van der Waals surface area (Å²) in [6.45, 7) is 10.4.